The number of alkyl halides is 3. The summed E-state index contributed by atoms with van der Waals surface area (Å²) in [5.74, 6) is 8.00. The van der Waals surface area contributed by atoms with Crippen molar-refractivity contribution in [2.24, 2.45) is 11.7 Å². The molecule has 9 heteroatoms. The predicted octanol–water partition coefficient (Wildman–Crippen LogP) is 1.37. The third-order valence-electron chi connectivity index (χ3n) is 2.17. The van der Waals surface area contributed by atoms with E-state index in [0.717, 1.165) is 0 Å². The van der Waals surface area contributed by atoms with Crippen LogP contribution >= 0.6 is 12.4 Å². The molecular formula is C10H12ClF3N4O. The molecule has 0 aliphatic carbocycles. The number of hydrogen-bond donors (Lipinski definition) is 4. The van der Waals surface area contributed by atoms with E-state index in [1.54, 1.807) is 0 Å². The quantitative estimate of drug-likeness (QED) is 0.334. The van der Waals surface area contributed by atoms with Crippen molar-refractivity contribution in [3.63, 3.8) is 0 Å². The molecule has 7 N–H and O–H groups in total. The molecule has 0 spiro atoms. The summed E-state index contributed by atoms with van der Waals surface area (Å²) in [6.07, 6.45) is -4.57. The van der Waals surface area contributed by atoms with E-state index in [-0.39, 0.29) is 29.0 Å². The average molecular weight is 297 g/mol. The first-order valence-corrected chi connectivity index (χ1v) is 4.71. The summed E-state index contributed by atoms with van der Waals surface area (Å²) in [5.41, 5.74) is 3.99. The minimum Gasteiger partial charge on any atom is -0.399 e. The number of aromatic amines is 1. The highest BCUT2D eigenvalue weighted by Gasteiger charge is 2.33. The molecule has 0 bridgehead atoms. The van der Waals surface area contributed by atoms with E-state index in [1.165, 1.54) is 18.2 Å². The molecule has 1 aromatic carbocycles. The van der Waals surface area contributed by atoms with Gasteiger partial charge in [0.05, 0.1) is 5.56 Å². The van der Waals surface area contributed by atoms with E-state index < -0.39 is 17.3 Å². The fourth-order valence-electron chi connectivity index (χ4n) is 1.51. The van der Waals surface area contributed by atoms with Gasteiger partial charge < -0.3 is 10.7 Å². The second-order valence-corrected chi connectivity index (χ2v) is 3.35. The Morgan fingerprint density at radius 1 is 1.11 bits per heavy atom. The predicted molar refractivity (Wildman–Crippen MR) is 69.6 cm³/mol. The fourth-order valence-corrected chi connectivity index (χ4v) is 1.51. The van der Waals surface area contributed by atoms with Crippen LogP contribution in [0.4, 0.5) is 18.9 Å². The summed E-state index contributed by atoms with van der Waals surface area (Å²) in [6, 6.07) is 4.50. The third-order valence-corrected chi connectivity index (χ3v) is 2.17. The van der Waals surface area contributed by atoms with Gasteiger partial charge in [0.2, 0.25) is 5.56 Å². The van der Waals surface area contributed by atoms with Crippen LogP contribution in [0.3, 0.4) is 0 Å². The number of rotatable bonds is 0. The van der Waals surface area contributed by atoms with E-state index >= 15 is 0 Å². The van der Waals surface area contributed by atoms with E-state index in [9.17, 15) is 18.0 Å². The third kappa shape index (κ3) is 3.85. The summed E-state index contributed by atoms with van der Waals surface area (Å²) in [4.78, 5) is 13.4. The maximum Gasteiger partial charge on any atom is 0.417 e. The standard InChI is InChI=1S/C10H7F3N2O.ClH.H4N2/c11-10(12,13)7-4-9(16)15-8-2-1-5(14)3-6(7)8;;1-2/h1-4H,14H2,(H,15,16);1H;1-2H2. The number of nitrogen functional groups attached to an aromatic ring is 1. The van der Waals surface area contributed by atoms with Gasteiger partial charge in [-0.05, 0) is 18.2 Å². The first-order valence-electron chi connectivity index (χ1n) is 4.71. The summed E-state index contributed by atoms with van der Waals surface area (Å²) >= 11 is 0. The molecule has 0 amide bonds. The molecule has 19 heavy (non-hydrogen) atoms. The van der Waals surface area contributed by atoms with Crippen LogP contribution in [0, 0.1) is 0 Å². The van der Waals surface area contributed by atoms with Gasteiger partial charge in [0.25, 0.3) is 0 Å². The topological polar surface area (TPSA) is 111 Å². The molecule has 0 aliphatic heterocycles. The number of pyridine rings is 1. The molecule has 0 saturated heterocycles. The van der Waals surface area contributed by atoms with Crippen molar-refractivity contribution in [3.05, 3.63) is 40.2 Å². The van der Waals surface area contributed by atoms with Crippen LogP contribution in [0.25, 0.3) is 10.9 Å². The first kappa shape index (κ1) is 17.2. The van der Waals surface area contributed by atoms with Crippen molar-refractivity contribution in [2.75, 3.05) is 5.73 Å². The lowest BCUT2D eigenvalue weighted by atomic mass is 10.1. The van der Waals surface area contributed by atoms with Crippen LogP contribution in [-0.2, 0) is 6.18 Å². The molecule has 0 saturated carbocycles. The largest absolute Gasteiger partial charge is 0.417 e. The Balaban J connectivity index is 0.00000103. The number of H-pyrrole nitrogens is 1. The van der Waals surface area contributed by atoms with Crippen molar-refractivity contribution in [3.8, 4) is 0 Å². The van der Waals surface area contributed by atoms with E-state index in [2.05, 4.69) is 16.7 Å². The highest BCUT2D eigenvalue weighted by atomic mass is 35.5. The van der Waals surface area contributed by atoms with Gasteiger partial charge in [0.15, 0.2) is 0 Å². The van der Waals surface area contributed by atoms with Crippen molar-refractivity contribution in [1.82, 2.24) is 4.98 Å². The van der Waals surface area contributed by atoms with Crippen LogP contribution in [-0.4, -0.2) is 4.98 Å². The zero-order valence-corrected chi connectivity index (χ0v) is 10.3. The van der Waals surface area contributed by atoms with Crippen LogP contribution < -0.4 is 23.0 Å². The lowest BCUT2D eigenvalue weighted by molar-refractivity contribution is -0.136. The summed E-state index contributed by atoms with van der Waals surface area (Å²) in [6.45, 7) is 0. The van der Waals surface area contributed by atoms with Crippen LogP contribution in [0.5, 0.6) is 0 Å². The SMILES string of the molecule is Cl.NN.Nc1ccc2[nH]c(=O)cc(C(F)(F)F)c2c1. The van der Waals surface area contributed by atoms with Gasteiger partial charge in [-0.3, -0.25) is 16.5 Å². The van der Waals surface area contributed by atoms with Gasteiger partial charge in [0.1, 0.15) is 0 Å². The lowest BCUT2D eigenvalue weighted by Crippen LogP contribution is -2.13. The first-order chi connectivity index (χ1) is 8.38. The number of aromatic nitrogens is 1. The maximum atomic E-state index is 12.6. The van der Waals surface area contributed by atoms with Crippen molar-refractivity contribution >= 4 is 29.0 Å². The highest BCUT2D eigenvalue weighted by Crippen LogP contribution is 2.33. The van der Waals surface area contributed by atoms with E-state index in [0.29, 0.717) is 6.07 Å². The minimum atomic E-state index is -4.57. The molecule has 0 atom stereocenters. The number of hydrogen-bond acceptors (Lipinski definition) is 4. The van der Waals surface area contributed by atoms with Crippen LogP contribution in [0.15, 0.2) is 29.1 Å². The Morgan fingerprint density at radius 2 is 1.68 bits per heavy atom. The molecule has 0 fully saturated rings. The number of fused-ring (bicyclic) bond motifs is 1. The van der Waals surface area contributed by atoms with Gasteiger partial charge in [-0.2, -0.15) is 13.2 Å². The summed E-state index contributed by atoms with van der Waals surface area (Å²) < 4.78 is 37.9. The number of anilines is 1. The molecule has 106 valence electrons. The Hall–Kier alpha value is -1.77. The molecule has 5 nitrogen and oxygen atoms in total. The Kier molecular flexibility index (Phi) is 5.81. The number of nitrogens with one attached hydrogen (secondary N) is 1. The molecule has 2 rings (SSSR count). The Labute approximate surface area is 112 Å². The zero-order valence-electron chi connectivity index (χ0n) is 9.49. The van der Waals surface area contributed by atoms with Gasteiger partial charge in [-0.15, -0.1) is 12.4 Å². The summed E-state index contributed by atoms with van der Waals surface area (Å²) in [7, 11) is 0. The molecule has 2 aromatic rings. The molecule has 1 aromatic heterocycles. The van der Waals surface area contributed by atoms with Crippen molar-refractivity contribution < 1.29 is 13.2 Å². The van der Waals surface area contributed by atoms with Gasteiger partial charge in [-0.1, -0.05) is 0 Å². The second kappa shape index (κ2) is 6.41. The smallest absolute Gasteiger partial charge is 0.399 e. The van der Waals surface area contributed by atoms with Gasteiger partial charge >= 0.3 is 6.18 Å². The van der Waals surface area contributed by atoms with Crippen molar-refractivity contribution in [2.45, 2.75) is 6.18 Å². The van der Waals surface area contributed by atoms with Gasteiger partial charge in [0, 0.05) is 22.7 Å². The Bertz CT molecular complexity index is 612. The lowest BCUT2D eigenvalue weighted by Gasteiger charge is -2.09. The van der Waals surface area contributed by atoms with Crippen molar-refractivity contribution in [1.29, 1.82) is 0 Å². The van der Waals surface area contributed by atoms with Crippen LogP contribution in [0.1, 0.15) is 5.56 Å². The zero-order chi connectivity index (χ0) is 13.9. The molecule has 0 unspecified atom stereocenters. The van der Waals surface area contributed by atoms with E-state index in [4.69, 9.17) is 5.73 Å². The maximum absolute atomic E-state index is 12.6. The molecule has 0 aliphatic rings. The number of benzene rings is 1. The highest BCUT2D eigenvalue weighted by molar-refractivity contribution is 5.85. The molecular weight excluding hydrogens is 285 g/mol. The summed E-state index contributed by atoms with van der Waals surface area (Å²) in [5, 5.41) is -0.105. The number of halogens is 4. The van der Waals surface area contributed by atoms with Gasteiger partial charge in [-0.25, -0.2) is 0 Å². The number of nitrogens with two attached hydrogens (primary N) is 3. The van der Waals surface area contributed by atoms with E-state index in [1.807, 2.05) is 0 Å². The Morgan fingerprint density at radius 3 is 2.21 bits per heavy atom. The minimum absolute atomic E-state index is 0. The molecule has 1 heterocycles. The average Bonchev–Trinajstić information content (AvgIpc) is 2.30. The fraction of sp³-hybridized carbons (Fsp3) is 0.100. The second-order valence-electron chi connectivity index (χ2n) is 3.35. The number of hydrazine groups is 1. The van der Waals surface area contributed by atoms with Crippen LogP contribution in [0.2, 0.25) is 0 Å². The normalized spacial score (nSPS) is 10.4. The monoisotopic (exact) mass is 296 g/mol. The molecule has 0 radical (unpaired) electrons.